The van der Waals surface area contributed by atoms with E-state index in [0.717, 1.165) is 0 Å². The van der Waals surface area contributed by atoms with Crippen LogP contribution in [0.3, 0.4) is 0 Å². The van der Waals surface area contributed by atoms with Gasteiger partial charge in [0, 0.05) is 9.65 Å². The molecule has 0 bridgehead atoms. The van der Waals surface area contributed by atoms with Crippen LogP contribution in [0.15, 0.2) is 0 Å². The zero-order valence-corrected chi connectivity index (χ0v) is 14.2. The van der Waals surface area contributed by atoms with Crippen molar-refractivity contribution < 1.29 is 0 Å². The van der Waals surface area contributed by atoms with E-state index in [9.17, 15) is 0 Å². The molecule has 0 fully saturated rings. The number of unbranched alkanes of at least 4 members (excludes halogenated alkanes) is 7. The summed E-state index contributed by atoms with van der Waals surface area (Å²) in [6.45, 7) is 4.48. The molecule has 0 aromatic rings. The quantitative estimate of drug-likeness (QED) is 0.295. The molecule has 98 valence electrons. The van der Waals surface area contributed by atoms with E-state index >= 15 is 0 Å². The van der Waals surface area contributed by atoms with E-state index in [1.807, 2.05) is 0 Å². The standard InChI is InChI=1S/C14H28Br2/c1-13(15)11-9-7-5-3-4-6-8-10-12-14(2)16/h13-14H,3-12H2,1-2H3. The molecule has 0 amide bonds. The smallest absolute Gasteiger partial charge is 0.0117 e. The molecule has 0 rings (SSSR count). The van der Waals surface area contributed by atoms with E-state index in [1.54, 1.807) is 0 Å². The first-order valence-corrected chi connectivity index (χ1v) is 8.74. The van der Waals surface area contributed by atoms with Crippen molar-refractivity contribution in [1.29, 1.82) is 0 Å². The van der Waals surface area contributed by atoms with Crippen LogP contribution in [0.25, 0.3) is 0 Å². The predicted molar refractivity (Wildman–Crippen MR) is 82.9 cm³/mol. The predicted octanol–water partition coefficient (Wildman–Crippen LogP) is 6.45. The van der Waals surface area contributed by atoms with Gasteiger partial charge in [0.25, 0.3) is 0 Å². The second kappa shape index (κ2) is 12.4. The summed E-state index contributed by atoms with van der Waals surface area (Å²) in [5.74, 6) is 0. The highest BCUT2D eigenvalue weighted by atomic mass is 79.9. The van der Waals surface area contributed by atoms with Gasteiger partial charge < -0.3 is 0 Å². The molecular formula is C14H28Br2. The third-order valence-corrected chi connectivity index (χ3v) is 3.87. The Hall–Kier alpha value is 0.960. The first-order chi connectivity index (χ1) is 7.63. The molecule has 0 aromatic heterocycles. The highest BCUT2D eigenvalue weighted by Crippen LogP contribution is 2.15. The fourth-order valence-corrected chi connectivity index (χ4v) is 2.56. The third-order valence-electron chi connectivity index (χ3n) is 2.95. The number of hydrogen-bond donors (Lipinski definition) is 0. The van der Waals surface area contributed by atoms with Crippen LogP contribution in [-0.4, -0.2) is 9.65 Å². The van der Waals surface area contributed by atoms with Crippen LogP contribution in [0.1, 0.15) is 78.1 Å². The van der Waals surface area contributed by atoms with Gasteiger partial charge in [0.2, 0.25) is 0 Å². The second-order valence-electron chi connectivity index (χ2n) is 4.97. The normalized spacial score (nSPS) is 15.0. The van der Waals surface area contributed by atoms with Gasteiger partial charge in [-0.25, -0.2) is 0 Å². The van der Waals surface area contributed by atoms with Crippen molar-refractivity contribution in [3.05, 3.63) is 0 Å². The van der Waals surface area contributed by atoms with Crippen LogP contribution in [-0.2, 0) is 0 Å². The molecule has 0 aliphatic carbocycles. The Morgan fingerprint density at radius 1 is 0.562 bits per heavy atom. The lowest BCUT2D eigenvalue weighted by Crippen LogP contribution is -1.90. The summed E-state index contributed by atoms with van der Waals surface area (Å²) in [6.07, 6.45) is 14.1. The van der Waals surface area contributed by atoms with Gasteiger partial charge in [0.15, 0.2) is 0 Å². The molecule has 0 aromatic carbocycles. The highest BCUT2D eigenvalue weighted by Gasteiger charge is 1.97. The summed E-state index contributed by atoms with van der Waals surface area (Å²) in [5, 5.41) is 0. The molecule has 0 N–H and O–H groups in total. The molecule has 0 heterocycles. The SMILES string of the molecule is CC(Br)CCCCCCCCCCC(C)Br. The van der Waals surface area contributed by atoms with Gasteiger partial charge in [0.05, 0.1) is 0 Å². The van der Waals surface area contributed by atoms with Crippen LogP contribution in [0, 0.1) is 0 Å². The molecule has 2 atom stereocenters. The van der Waals surface area contributed by atoms with Crippen LogP contribution in [0.5, 0.6) is 0 Å². The highest BCUT2D eigenvalue weighted by molar-refractivity contribution is 9.09. The minimum atomic E-state index is 0.707. The largest absolute Gasteiger partial charge is 0.0894 e. The number of halogens is 2. The van der Waals surface area contributed by atoms with Gasteiger partial charge in [-0.3, -0.25) is 0 Å². The monoisotopic (exact) mass is 354 g/mol. The summed E-state index contributed by atoms with van der Waals surface area (Å²) in [6, 6.07) is 0. The van der Waals surface area contributed by atoms with Gasteiger partial charge in [-0.05, 0) is 12.8 Å². The lowest BCUT2D eigenvalue weighted by molar-refractivity contribution is 0.552. The third kappa shape index (κ3) is 15.0. The fourth-order valence-electron chi connectivity index (χ4n) is 1.91. The van der Waals surface area contributed by atoms with Crippen molar-refractivity contribution >= 4 is 31.9 Å². The van der Waals surface area contributed by atoms with E-state index in [-0.39, 0.29) is 0 Å². The Balaban J connectivity index is 2.93. The summed E-state index contributed by atoms with van der Waals surface area (Å²) in [7, 11) is 0. The first-order valence-electron chi connectivity index (χ1n) is 6.91. The average molecular weight is 356 g/mol. The van der Waals surface area contributed by atoms with Crippen LogP contribution in [0.2, 0.25) is 0 Å². The van der Waals surface area contributed by atoms with E-state index in [0.29, 0.717) is 9.65 Å². The summed E-state index contributed by atoms with van der Waals surface area (Å²) >= 11 is 7.19. The van der Waals surface area contributed by atoms with E-state index in [2.05, 4.69) is 45.7 Å². The van der Waals surface area contributed by atoms with E-state index in [4.69, 9.17) is 0 Å². The molecule has 0 aliphatic rings. The van der Waals surface area contributed by atoms with Gasteiger partial charge in [0.1, 0.15) is 0 Å². The van der Waals surface area contributed by atoms with Gasteiger partial charge >= 0.3 is 0 Å². The number of rotatable bonds is 11. The van der Waals surface area contributed by atoms with Crippen LogP contribution in [0.4, 0.5) is 0 Å². The Kier molecular flexibility index (Phi) is 13.2. The van der Waals surface area contributed by atoms with Gasteiger partial charge in [-0.1, -0.05) is 97.1 Å². The van der Waals surface area contributed by atoms with Crippen molar-refractivity contribution in [3.63, 3.8) is 0 Å². The Morgan fingerprint density at radius 2 is 0.812 bits per heavy atom. The molecule has 0 saturated carbocycles. The van der Waals surface area contributed by atoms with Crippen molar-refractivity contribution in [3.8, 4) is 0 Å². The Labute approximate surface area is 119 Å². The summed E-state index contributed by atoms with van der Waals surface area (Å²) in [5.41, 5.74) is 0. The average Bonchev–Trinajstić information content (AvgIpc) is 2.20. The summed E-state index contributed by atoms with van der Waals surface area (Å²) < 4.78 is 0. The summed E-state index contributed by atoms with van der Waals surface area (Å²) in [4.78, 5) is 1.41. The second-order valence-corrected chi connectivity index (χ2v) is 8.09. The van der Waals surface area contributed by atoms with Crippen molar-refractivity contribution in [2.24, 2.45) is 0 Å². The van der Waals surface area contributed by atoms with E-state index < -0.39 is 0 Å². The molecule has 0 nitrogen and oxygen atoms in total. The first kappa shape index (κ1) is 17.0. The zero-order chi connectivity index (χ0) is 12.2. The van der Waals surface area contributed by atoms with Gasteiger partial charge in [-0.2, -0.15) is 0 Å². The van der Waals surface area contributed by atoms with Crippen LogP contribution < -0.4 is 0 Å². The van der Waals surface area contributed by atoms with E-state index in [1.165, 1.54) is 64.2 Å². The fraction of sp³-hybridized carbons (Fsp3) is 1.00. The number of hydrogen-bond acceptors (Lipinski definition) is 0. The zero-order valence-electron chi connectivity index (χ0n) is 11.0. The maximum absolute atomic E-state index is 3.59. The minimum absolute atomic E-state index is 0.707. The molecule has 0 radical (unpaired) electrons. The van der Waals surface area contributed by atoms with Crippen molar-refractivity contribution in [1.82, 2.24) is 0 Å². The molecular weight excluding hydrogens is 328 g/mol. The Bertz CT molecular complexity index is 117. The lowest BCUT2D eigenvalue weighted by Gasteiger charge is -2.04. The maximum atomic E-state index is 3.59. The topological polar surface area (TPSA) is 0 Å². The molecule has 0 spiro atoms. The molecule has 2 heteroatoms. The molecule has 2 unspecified atom stereocenters. The molecule has 16 heavy (non-hydrogen) atoms. The minimum Gasteiger partial charge on any atom is -0.0894 e. The van der Waals surface area contributed by atoms with Gasteiger partial charge in [-0.15, -0.1) is 0 Å². The maximum Gasteiger partial charge on any atom is 0.0117 e. The number of alkyl halides is 2. The van der Waals surface area contributed by atoms with Crippen molar-refractivity contribution in [2.75, 3.05) is 0 Å². The molecule has 0 aliphatic heterocycles. The lowest BCUT2D eigenvalue weighted by atomic mass is 10.1. The Morgan fingerprint density at radius 3 is 1.06 bits per heavy atom. The molecule has 0 saturated heterocycles. The van der Waals surface area contributed by atoms with Crippen molar-refractivity contribution in [2.45, 2.75) is 87.7 Å². The van der Waals surface area contributed by atoms with Crippen LogP contribution >= 0.6 is 31.9 Å².